The number of likely N-dealkylation sites (tertiary alicyclic amines) is 2. The first-order valence-electron chi connectivity index (χ1n) is 7.92. The van der Waals surface area contributed by atoms with Gasteiger partial charge in [0.25, 0.3) is 0 Å². The molecular weight excluding hydrogens is 240 g/mol. The summed E-state index contributed by atoms with van der Waals surface area (Å²) in [7, 11) is 0. The van der Waals surface area contributed by atoms with Crippen molar-refractivity contribution in [2.24, 2.45) is 5.92 Å². The summed E-state index contributed by atoms with van der Waals surface area (Å²) >= 11 is 0. The molecule has 0 spiro atoms. The average molecular weight is 266 g/mol. The highest BCUT2D eigenvalue weighted by atomic mass is 16.3. The van der Waals surface area contributed by atoms with E-state index in [0.29, 0.717) is 12.5 Å². The fourth-order valence-electron chi connectivity index (χ4n) is 4.12. The van der Waals surface area contributed by atoms with Crippen LogP contribution in [0.5, 0.6) is 0 Å². The summed E-state index contributed by atoms with van der Waals surface area (Å²) in [5, 5.41) is 9.20. The Morgan fingerprint density at radius 2 is 1.74 bits per heavy atom. The third-order valence-electron chi connectivity index (χ3n) is 5.28. The molecule has 0 aromatic heterocycles. The number of aliphatic hydroxyl groups is 1. The molecule has 0 aromatic carbocycles. The molecule has 1 N–H and O–H groups in total. The van der Waals surface area contributed by atoms with E-state index in [2.05, 4.69) is 4.90 Å². The minimum absolute atomic E-state index is 0.156. The molecule has 3 rings (SSSR count). The predicted molar refractivity (Wildman–Crippen MR) is 73.8 cm³/mol. The van der Waals surface area contributed by atoms with E-state index in [-0.39, 0.29) is 18.4 Å². The monoisotopic (exact) mass is 266 g/mol. The highest BCUT2D eigenvalue weighted by molar-refractivity contribution is 5.79. The Bertz CT molecular complexity index is 320. The molecule has 2 heterocycles. The maximum atomic E-state index is 12.0. The van der Waals surface area contributed by atoms with Crippen LogP contribution in [-0.4, -0.2) is 59.1 Å². The first kappa shape index (κ1) is 13.4. The number of nitrogens with zero attached hydrogens (tertiary/aromatic N) is 2. The van der Waals surface area contributed by atoms with Crippen molar-refractivity contribution in [1.29, 1.82) is 0 Å². The van der Waals surface area contributed by atoms with Gasteiger partial charge in [-0.15, -0.1) is 0 Å². The minimum Gasteiger partial charge on any atom is -0.396 e. The van der Waals surface area contributed by atoms with Crippen LogP contribution in [0.1, 0.15) is 44.9 Å². The van der Waals surface area contributed by atoms with E-state index in [1.807, 2.05) is 4.90 Å². The number of carbonyl (C=O) groups is 1. The second-order valence-electron chi connectivity index (χ2n) is 6.50. The Balaban J connectivity index is 1.51. The molecule has 0 radical (unpaired) electrons. The van der Waals surface area contributed by atoms with Gasteiger partial charge in [-0.2, -0.15) is 0 Å². The van der Waals surface area contributed by atoms with E-state index >= 15 is 0 Å². The van der Waals surface area contributed by atoms with Crippen LogP contribution in [0.15, 0.2) is 0 Å². The van der Waals surface area contributed by atoms with Gasteiger partial charge in [-0.3, -0.25) is 4.79 Å². The van der Waals surface area contributed by atoms with Gasteiger partial charge >= 0.3 is 0 Å². The van der Waals surface area contributed by atoms with Crippen LogP contribution in [0.4, 0.5) is 0 Å². The number of hydrogen-bond donors (Lipinski definition) is 1. The molecule has 1 unspecified atom stereocenters. The summed E-state index contributed by atoms with van der Waals surface area (Å²) in [6.07, 6.45) is 8.35. The maximum absolute atomic E-state index is 12.0. The molecule has 3 aliphatic rings. The summed E-state index contributed by atoms with van der Waals surface area (Å²) < 4.78 is 0. The number of rotatable bonds is 3. The van der Waals surface area contributed by atoms with Crippen LogP contribution in [-0.2, 0) is 4.79 Å². The summed E-state index contributed by atoms with van der Waals surface area (Å²) in [6, 6.07) is 1.25. The molecule has 3 fully saturated rings. The number of carbonyl (C=O) groups excluding carboxylic acids is 1. The van der Waals surface area contributed by atoms with Crippen LogP contribution in [0.25, 0.3) is 0 Å². The van der Waals surface area contributed by atoms with E-state index < -0.39 is 0 Å². The third kappa shape index (κ3) is 2.79. The molecule has 1 saturated carbocycles. The molecule has 1 atom stereocenters. The summed E-state index contributed by atoms with van der Waals surface area (Å²) in [5.74, 6) is 0.443. The van der Waals surface area contributed by atoms with E-state index in [9.17, 15) is 9.90 Å². The quantitative estimate of drug-likeness (QED) is 0.835. The van der Waals surface area contributed by atoms with Crippen molar-refractivity contribution in [3.8, 4) is 0 Å². The lowest BCUT2D eigenvalue weighted by Gasteiger charge is -2.39. The molecule has 4 nitrogen and oxygen atoms in total. The van der Waals surface area contributed by atoms with Gasteiger partial charge in [0.05, 0.1) is 0 Å². The van der Waals surface area contributed by atoms with E-state index in [1.165, 1.54) is 25.7 Å². The molecule has 19 heavy (non-hydrogen) atoms. The molecule has 1 aliphatic carbocycles. The van der Waals surface area contributed by atoms with Crippen LogP contribution in [0.2, 0.25) is 0 Å². The van der Waals surface area contributed by atoms with Gasteiger partial charge in [0, 0.05) is 50.7 Å². The first-order valence-corrected chi connectivity index (χ1v) is 7.92. The van der Waals surface area contributed by atoms with Crippen LogP contribution < -0.4 is 0 Å². The summed E-state index contributed by atoms with van der Waals surface area (Å²) in [5.41, 5.74) is 0. The largest absolute Gasteiger partial charge is 0.396 e. The van der Waals surface area contributed by atoms with Gasteiger partial charge in [0.15, 0.2) is 0 Å². The lowest BCUT2D eigenvalue weighted by atomic mass is 10.0. The number of amides is 1. The van der Waals surface area contributed by atoms with Gasteiger partial charge in [-0.25, -0.2) is 0 Å². The van der Waals surface area contributed by atoms with Gasteiger partial charge < -0.3 is 14.9 Å². The lowest BCUT2D eigenvalue weighted by Crippen LogP contribution is -2.48. The summed E-state index contributed by atoms with van der Waals surface area (Å²) in [6.45, 7) is 3.25. The molecule has 4 heteroatoms. The minimum atomic E-state index is 0.156. The van der Waals surface area contributed by atoms with E-state index in [0.717, 1.165) is 38.5 Å². The van der Waals surface area contributed by atoms with Crippen LogP contribution in [0, 0.1) is 5.92 Å². The van der Waals surface area contributed by atoms with Crippen molar-refractivity contribution in [2.45, 2.75) is 57.0 Å². The molecular formula is C15H26N2O2. The predicted octanol–water partition coefficient (Wildman–Crippen LogP) is 1.23. The van der Waals surface area contributed by atoms with Crippen molar-refractivity contribution in [3.05, 3.63) is 0 Å². The van der Waals surface area contributed by atoms with Gasteiger partial charge in [-0.05, 0) is 25.7 Å². The van der Waals surface area contributed by atoms with Gasteiger partial charge in [0.2, 0.25) is 5.91 Å². The SMILES string of the molecule is O=C1CC(CO)CN1C1CCN(C2CCCC2)CC1. The Kier molecular flexibility index (Phi) is 4.08. The number of aliphatic hydroxyl groups excluding tert-OH is 1. The Morgan fingerprint density at radius 3 is 2.32 bits per heavy atom. The van der Waals surface area contributed by atoms with Crippen LogP contribution in [0.3, 0.4) is 0 Å². The summed E-state index contributed by atoms with van der Waals surface area (Å²) in [4.78, 5) is 16.7. The van der Waals surface area contributed by atoms with Crippen molar-refractivity contribution in [3.63, 3.8) is 0 Å². The molecule has 2 aliphatic heterocycles. The van der Waals surface area contributed by atoms with Crippen LogP contribution >= 0.6 is 0 Å². The highest BCUT2D eigenvalue weighted by Gasteiger charge is 2.36. The molecule has 2 saturated heterocycles. The normalized spacial score (nSPS) is 31.5. The van der Waals surface area contributed by atoms with Crippen molar-refractivity contribution >= 4 is 5.91 Å². The molecule has 108 valence electrons. The smallest absolute Gasteiger partial charge is 0.223 e. The zero-order valence-electron chi connectivity index (χ0n) is 11.8. The third-order valence-corrected chi connectivity index (χ3v) is 5.28. The lowest BCUT2D eigenvalue weighted by molar-refractivity contribution is -0.130. The Labute approximate surface area is 115 Å². The topological polar surface area (TPSA) is 43.8 Å². The molecule has 1 amide bonds. The standard InChI is InChI=1S/C15H26N2O2/c18-11-12-9-15(19)17(10-12)14-5-7-16(8-6-14)13-3-1-2-4-13/h12-14,18H,1-11H2. The second kappa shape index (κ2) is 5.80. The van der Waals surface area contributed by atoms with E-state index in [1.54, 1.807) is 0 Å². The second-order valence-corrected chi connectivity index (χ2v) is 6.50. The van der Waals surface area contributed by atoms with Gasteiger partial charge in [-0.1, -0.05) is 12.8 Å². The molecule has 0 aromatic rings. The average Bonchev–Trinajstić information content (AvgIpc) is 3.08. The zero-order chi connectivity index (χ0) is 13.2. The first-order chi connectivity index (χ1) is 9.28. The fraction of sp³-hybridized carbons (Fsp3) is 0.933. The Hall–Kier alpha value is -0.610. The van der Waals surface area contributed by atoms with Crippen molar-refractivity contribution in [2.75, 3.05) is 26.2 Å². The zero-order valence-corrected chi connectivity index (χ0v) is 11.8. The van der Waals surface area contributed by atoms with Gasteiger partial charge in [0.1, 0.15) is 0 Å². The molecule has 0 bridgehead atoms. The maximum Gasteiger partial charge on any atom is 0.223 e. The highest BCUT2D eigenvalue weighted by Crippen LogP contribution is 2.29. The van der Waals surface area contributed by atoms with Crippen molar-refractivity contribution in [1.82, 2.24) is 9.80 Å². The van der Waals surface area contributed by atoms with Crippen molar-refractivity contribution < 1.29 is 9.90 Å². The van der Waals surface area contributed by atoms with E-state index in [4.69, 9.17) is 0 Å². The Morgan fingerprint density at radius 1 is 1.05 bits per heavy atom. The fourth-order valence-corrected chi connectivity index (χ4v) is 4.12. The number of piperidine rings is 1. The number of hydrogen-bond acceptors (Lipinski definition) is 3.